The number of amides is 1. The van der Waals surface area contributed by atoms with Crippen LogP contribution in [0.25, 0.3) is 10.9 Å². The van der Waals surface area contributed by atoms with Gasteiger partial charge in [-0.2, -0.15) is 5.10 Å². The van der Waals surface area contributed by atoms with E-state index in [1.54, 1.807) is 32.5 Å². The second kappa shape index (κ2) is 9.49. The van der Waals surface area contributed by atoms with Crippen LogP contribution >= 0.6 is 15.9 Å². The number of fused-ring (bicyclic) bond motifs is 1. The first-order valence-electron chi connectivity index (χ1n) is 8.70. The topological polar surface area (TPSA) is 82.0 Å². The van der Waals surface area contributed by atoms with Crippen LogP contribution in [0.1, 0.15) is 17.2 Å². The summed E-state index contributed by atoms with van der Waals surface area (Å²) in [4.78, 5) is 17.0. The maximum Gasteiger partial charge on any atom is 0.273 e. The monoisotopic (exact) mass is 457 g/mol. The fraction of sp³-hybridized carbons (Fsp3) is 0.190. The predicted molar refractivity (Wildman–Crippen MR) is 114 cm³/mol. The molecule has 2 aromatic carbocycles. The Morgan fingerprint density at radius 2 is 1.86 bits per heavy atom. The molecule has 0 bridgehead atoms. The molecule has 1 heterocycles. The smallest absolute Gasteiger partial charge is 0.273 e. The number of halogens is 1. The molecule has 0 fully saturated rings. The number of hydrogen-bond acceptors (Lipinski definition) is 6. The SMILES string of the molecule is COc1cc(/C=N/NC(=O)C(OC)c2cccc3ncccc23)cc(OC)c1Br. The van der Waals surface area contributed by atoms with Gasteiger partial charge in [0, 0.05) is 24.3 Å². The number of methoxy groups -OCH3 is 3. The van der Waals surface area contributed by atoms with Gasteiger partial charge in [0.25, 0.3) is 5.91 Å². The number of aromatic nitrogens is 1. The predicted octanol–water partition coefficient (Wildman–Crippen LogP) is 3.85. The van der Waals surface area contributed by atoms with Gasteiger partial charge in [0.1, 0.15) is 16.0 Å². The normalized spacial score (nSPS) is 12.1. The van der Waals surface area contributed by atoms with Gasteiger partial charge in [-0.05, 0) is 45.8 Å². The maximum atomic E-state index is 12.7. The van der Waals surface area contributed by atoms with Gasteiger partial charge in [-0.1, -0.05) is 18.2 Å². The first-order valence-corrected chi connectivity index (χ1v) is 9.49. The molecule has 3 aromatic rings. The van der Waals surface area contributed by atoms with E-state index in [2.05, 4.69) is 31.4 Å². The lowest BCUT2D eigenvalue weighted by molar-refractivity contribution is -0.131. The van der Waals surface area contributed by atoms with Gasteiger partial charge in [-0.25, -0.2) is 5.43 Å². The van der Waals surface area contributed by atoms with Crippen molar-refractivity contribution in [3.63, 3.8) is 0 Å². The van der Waals surface area contributed by atoms with Crippen molar-refractivity contribution in [2.75, 3.05) is 21.3 Å². The number of pyridine rings is 1. The molecule has 7 nitrogen and oxygen atoms in total. The molecule has 1 aromatic heterocycles. The zero-order valence-corrected chi connectivity index (χ0v) is 17.8. The Balaban J connectivity index is 1.80. The Bertz CT molecular complexity index is 1020. The molecule has 1 unspecified atom stereocenters. The van der Waals surface area contributed by atoms with Gasteiger partial charge in [-0.3, -0.25) is 9.78 Å². The van der Waals surface area contributed by atoms with Crippen LogP contribution in [0.15, 0.2) is 58.2 Å². The van der Waals surface area contributed by atoms with Crippen LogP contribution < -0.4 is 14.9 Å². The van der Waals surface area contributed by atoms with E-state index in [1.807, 2.05) is 30.3 Å². The Labute approximate surface area is 176 Å². The fourth-order valence-corrected chi connectivity index (χ4v) is 3.48. The van der Waals surface area contributed by atoms with E-state index < -0.39 is 12.0 Å². The number of hydrazone groups is 1. The van der Waals surface area contributed by atoms with Gasteiger partial charge in [0.15, 0.2) is 6.10 Å². The van der Waals surface area contributed by atoms with Crippen molar-refractivity contribution in [1.82, 2.24) is 10.4 Å². The molecule has 0 radical (unpaired) electrons. The number of carbonyl (C=O) groups excluding carboxylic acids is 1. The van der Waals surface area contributed by atoms with Crippen LogP contribution in [0.5, 0.6) is 11.5 Å². The molecule has 150 valence electrons. The molecule has 0 spiro atoms. The Morgan fingerprint density at radius 1 is 1.14 bits per heavy atom. The molecule has 0 aliphatic heterocycles. The van der Waals surface area contributed by atoms with Gasteiger partial charge in [0.05, 0.1) is 26.0 Å². The summed E-state index contributed by atoms with van der Waals surface area (Å²) < 4.78 is 16.8. The van der Waals surface area contributed by atoms with Crippen molar-refractivity contribution in [3.05, 3.63) is 64.3 Å². The third-order valence-corrected chi connectivity index (χ3v) is 5.07. The zero-order valence-electron chi connectivity index (χ0n) is 16.2. The number of hydrogen-bond donors (Lipinski definition) is 1. The Kier molecular flexibility index (Phi) is 6.79. The number of benzene rings is 2. The van der Waals surface area contributed by atoms with E-state index in [0.717, 1.165) is 16.5 Å². The van der Waals surface area contributed by atoms with Crippen LogP contribution in [0.2, 0.25) is 0 Å². The van der Waals surface area contributed by atoms with E-state index in [0.29, 0.717) is 21.5 Å². The lowest BCUT2D eigenvalue weighted by atomic mass is 10.0. The average molecular weight is 458 g/mol. The van der Waals surface area contributed by atoms with Crippen molar-refractivity contribution in [2.45, 2.75) is 6.10 Å². The lowest BCUT2D eigenvalue weighted by Gasteiger charge is -2.15. The van der Waals surface area contributed by atoms with Crippen LogP contribution in [0, 0.1) is 0 Å². The highest BCUT2D eigenvalue weighted by Gasteiger charge is 2.22. The molecule has 0 saturated heterocycles. The Morgan fingerprint density at radius 3 is 2.52 bits per heavy atom. The maximum absolute atomic E-state index is 12.7. The molecular weight excluding hydrogens is 438 g/mol. The minimum Gasteiger partial charge on any atom is -0.495 e. The van der Waals surface area contributed by atoms with Crippen LogP contribution in [-0.2, 0) is 9.53 Å². The lowest BCUT2D eigenvalue weighted by Crippen LogP contribution is -2.26. The van der Waals surface area contributed by atoms with Crippen molar-refractivity contribution >= 4 is 39.0 Å². The summed E-state index contributed by atoms with van der Waals surface area (Å²) in [5.74, 6) is 0.793. The standard InChI is InChI=1S/C21H20BrN3O4/c1-27-17-10-13(11-18(28-2)19(17)22)12-24-25-21(26)20(29-3)15-6-4-8-16-14(15)7-5-9-23-16/h4-12,20H,1-3H3,(H,25,26)/b24-12+. The summed E-state index contributed by atoms with van der Waals surface area (Å²) >= 11 is 3.42. The highest BCUT2D eigenvalue weighted by atomic mass is 79.9. The third kappa shape index (κ3) is 4.55. The highest BCUT2D eigenvalue weighted by Crippen LogP contribution is 2.35. The molecule has 1 N–H and O–H groups in total. The van der Waals surface area contributed by atoms with Crippen molar-refractivity contribution < 1.29 is 19.0 Å². The fourth-order valence-electron chi connectivity index (χ4n) is 2.92. The zero-order chi connectivity index (χ0) is 20.8. The van der Waals surface area contributed by atoms with E-state index in [9.17, 15) is 4.79 Å². The number of nitrogens with one attached hydrogen (secondary N) is 1. The molecule has 8 heteroatoms. The Hall–Kier alpha value is -2.97. The number of nitrogens with zero attached hydrogens (tertiary/aromatic N) is 2. The molecular formula is C21H20BrN3O4. The third-order valence-electron chi connectivity index (χ3n) is 4.29. The van der Waals surface area contributed by atoms with E-state index >= 15 is 0 Å². The second-order valence-corrected chi connectivity index (χ2v) is 6.80. The van der Waals surface area contributed by atoms with E-state index in [1.165, 1.54) is 13.3 Å². The summed E-state index contributed by atoms with van der Waals surface area (Å²) in [6, 6.07) is 12.8. The molecule has 0 saturated carbocycles. The summed E-state index contributed by atoms with van der Waals surface area (Å²) in [5.41, 5.74) is 4.74. The van der Waals surface area contributed by atoms with Gasteiger partial charge < -0.3 is 14.2 Å². The van der Waals surface area contributed by atoms with Crippen LogP contribution in [0.4, 0.5) is 0 Å². The summed E-state index contributed by atoms with van der Waals surface area (Å²) in [5, 5.41) is 4.90. The molecule has 0 aliphatic rings. The summed E-state index contributed by atoms with van der Waals surface area (Å²) in [7, 11) is 4.60. The first-order chi connectivity index (χ1) is 14.1. The minimum atomic E-state index is -0.825. The van der Waals surface area contributed by atoms with E-state index in [4.69, 9.17) is 14.2 Å². The van der Waals surface area contributed by atoms with Crippen LogP contribution in [0.3, 0.4) is 0 Å². The van der Waals surface area contributed by atoms with Crippen LogP contribution in [-0.4, -0.2) is 38.4 Å². The molecule has 1 amide bonds. The summed E-state index contributed by atoms with van der Waals surface area (Å²) in [6.07, 6.45) is 2.39. The van der Waals surface area contributed by atoms with Gasteiger partial charge in [0.2, 0.25) is 0 Å². The highest BCUT2D eigenvalue weighted by molar-refractivity contribution is 9.10. The number of carbonyl (C=O) groups is 1. The molecule has 1 atom stereocenters. The van der Waals surface area contributed by atoms with E-state index in [-0.39, 0.29) is 0 Å². The largest absolute Gasteiger partial charge is 0.495 e. The van der Waals surface area contributed by atoms with Gasteiger partial charge >= 0.3 is 0 Å². The first kappa shape index (κ1) is 20.8. The number of rotatable bonds is 7. The molecule has 29 heavy (non-hydrogen) atoms. The average Bonchev–Trinajstić information content (AvgIpc) is 2.75. The second-order valence-electron chi connectivity index (χ2n) is 6.01. The van der Waals surface area contributed by atoms with Crippen molar-refractivity contribution in [3.8, 4) is 11.5 Å². The van der Waals surface area contributed by atoms with Crippen molar-refractivity contribution in [2.24, 2.45) is 5.10 Å². The van der Waals surface area contributed by atoms with Crippen molar-refractivity contribution in [1.29, 1.82) is 0 Å². The molecule has 3 rings (SSSR count). The quantitative estimate of drug-likeness (QED) is 0.430. The summed E-state index contributed by atoms with van der Waals surface area (Å²) in [6.45, 7) is 0. The van der Waals surface area contributed by atoms with Gasteiger partial charge in [-0.15, -0.1) is 0 Å². The minimum absolute atomic E-state index is 0.392. The molecule has 0 aliphatic carbocycles. The number of ether oxygens (including phenoxy) is 3.